The average molecular weight is 299 g/mol. The number of benzene rings is 2. The number of methoxy groups -OCH3 is 1. The highest BCUT2D eigenvalue weighted by atomic mass is 35.5. The minimum absolute atomic E-state index is 0.0792. The molecule has 2 nitrogen and oxygen atoms in total. The van der Waals surface area contributed by atoms with Gasteiger partial charge in [-0.1, -0.05) is 11.6 Å². The van der Waals surface area contributed by atoms with Gasteiger partial charge in [-0.2, -0.15) is 0 Å². The maximum Gasteiger partial charge on any atom is 0.126 e. The Hall–Kier alpha value is -1.65. The summed E-state index contributed by atoms with van der Waals surface area (Å²) < 4.78 is 31.8. The molecule has 0 saturated carbocycles. The second kappa shape index (κ2) is 5.38. The normalized spacial score (nSPS) is 13.9. The zero-order valence-corrected chi connectivity index (χ0v) is 11.7. The minimum atomic E-state index is -1.64. The molecule has 0 saturated heterocycles. The van der Waals surface area contributed by atoms with E-state index in [0.29, 0.717) is 16.3 Å². The Balaban J connectivity index is 2.62. The zero-order valence-electron chi connectivity index (χ0n) is 11.0. The molecule has 1 N–H and O–H groups in total. The van der Waals surface area contributed by atoms with E-state index in [1.807, 2.05) is 0 Å². The molecule has 106 valence electrons. The number of rotatable bonds is 3. The smallest absolute Gasteiger partial charge is 0.126 e. The summed E-state index contributed by atoms with van der Waals surface area (Å²) in [7, 11) is 1.44. The van der Waals surface area contributed by atoms with Crippen molar-refractivity contribution >= 4 is 11.6 Å². The van der Waals surface area contributed by atoms with Crippen LogP contribution in [0, 0.1) is 11.6 Å². The summed E-state index contributed by atoms with van der Waals surface area (Å²) in [5.74, 6) is -1.15. The molecule has 0 heterocycles. The third-order valence-corrected chi connectivity index (χ3v) is 3.35. The Bertz CT molecular complexity index is 622. The van der Waals surface area contributed by atoms with Crippen molar-refractivity contribution < 1.29 is 18.6 Å². The highest BCUT2D eigenvalue weighted by molar-refractivity contribution is 6.30. The summed E-state index contributed by atoms with van der Waals surface area (Å²) in [4.78, 5) is 0. The van der Waals surface area contributed by atoms with E-state index in [-0.39, 0.29) is 5.56 Å². The third kappa shape index (κ3) is 2.76. The van der Waals surface area contributed by atoms with Gasteiger partial charge in [-0.3, -0.25) is 0 Å². The van der Waals surface area contributed by atoms with Crippen molar-refractivity contribution in [2.45, 2.75) is 12.5 Å². The molecule has 0 aromatic heterocycles. The van der Waals surface area contributed by atoms with Crippen molar-refractivity contribution in [3.63, 3.8) is 0 Å². The fourth-order valence-corrected chi connectivity index (χ4v) is 2.22. The van der Waals surface area contributed by atoms with Crippen molar-refractivity contribution in [3.8, 4) is 5.75 Å². The molecule has 1 unspecified atom stereocenters. The molecule has 5 heteroatoms. The van der Waals surface area contributed by atoms with E-state index >= 15 is 0 Å². The maximum atomic E-state index is 13.3. The van der Waals surface area contributed by atoms with E-state index in [4.69, 9.17) is 16.3 Å². The molecule has 0 aliphatic heterocycles. The molecule has 2 rings (SSSR count). The van der Waals surface area contributed by atoms with Crippen molar-refractivity contribution in [1.82, 2.24) is 0 Å². The lowest BCUT2D eigenvalue weighted by atomic mass is 9.87. The zero-order chi connectivity index (χ0) is 14.9. The van der Waals surface area contributed by atoms with E-state index < -0.39 is 17.2 Å². The largest absolute Gasteiger partial charge is 0.496 e. The predicted octanol–water partition coefficient (Wildman–Crippen LogP) is 3.88. The first kappa shape index (κ1) is 14.8. The van der Waals surface area contributed by atoms with Crippen molar-refractivity contribution in [1.29, 1.82) is 0 Å². The van der Waals surface area contributed by atoms with Crippen LogP contribution in [-0.2, 0) is 5.60 Å². The van der Waals surface area contributed by atoms with Gasteiger partial charge < -0.3 is 9.84 Å². The van der Waals surface area contributed by atoms with Gasteiger partial charge in [-0.25, -0.2) is 8.78 Å². The van der Waals surface area contributed by atoms with Crippen LogP contribution in [0.1, 0.15) is 18.1 Å². The van der Waals surface area contributed by atoms with Gasteiger partial charge in [0.25, 0.3) is 0 Å². The average Bonchev–Trinajstić information content (AvgIpc) is 2.37. The van der Waals surface area contributed by atoms with E-state index in [2.05, 4.69) is 0 Å². The van der Waals surface area contributed by atoms with Gasteiger partial charge in [-0.05, 0) is 42.8 Å². The fourth-order valence-electron chi connectivity index (χ4n) is 2.05. The van der Waals surface area contributed by atoms with E-state index in [1.165, 1.54) is 20.1 Å². The van der Waals surface area contributed by atoms with Crippen LogP contribution in [0.3, 0.4) is 0 Å². The maximum absolute atomic E-state index is 13.3. The van der Waals surface area contributed by atoms with Gasteiger partial charge in [0.1, 0.15) is 23.0 Å². The van der Waals surface area contributed by atoms with Gasteiger partial charge in [0.15, 0.2) is 0 Å². The van der Waals surface area contributed by atoms with Crippen LogP contribution >= 0.6 is 11.6 Å². The van der Waals surface area contributed by atoms with Crippen molar-refractivity contribution in [2.75, 3.05) is 7.11 Å². The predicted molar refractivity (Wildman–Crippen MR) is 73.0 cm³/mol. The Kier molecular flexibility index (Phi) is 3.97. The molecule has 0 spiro atoms. The highest BCUT2D eigenvalue weighted by Crippen LogP contribution is 2.37. The molecule has 0 amide bonds. The minimum Gasteiger partial charge on any atom is -0.496 e. The molecule has 2 aromatic carbocycles. The molecule has 0 bridgehead atoms. The molecular formula is C15H13ClF2O2. The van der Waals surface area contributed by atoms with Crippen LogP contribution < -0.4 is 4.74 Å². The summed E-state index contributed by atoms with van der Waals surface area (Å²) in [6.07, 6.45) is 0. The van der Waals surface area contributed by atoms with Crippen LogP contribution in [0.2, 0.25) is 5.02 Å². The molecule has 0 radical (unpaired) electrons. The monoisotopic (exact) mass is 298 g/mol. The van der Waals surface area contributed by atoms with Crippen molar-refractivity contribution in [3.05, 3.63) is 64.2 Å². The first-order valence-corrected chi connectivity index (χ1v) is 6.25. The summed E-state index contributed by atoms with van der Waals surface area (Å²) in [5.41, 5.74) is -1.23. The molecule has 20 heavy (non-hydrogen) atoms. The SMILES string of the molecule is COc1ccc(Cl)cc1C(C)(O)c1cc(F)cc(F)c1. The highest BCUT2D eigenvalue weighted by Gasteiger charge is 2.30. The van der Waals surface area contributed by atoms with Crippen molar-refractivity contribution in [2.24, 2.45) is 0 Å². The summed E-state index contributed by atoms with van der Waals surface area (Å²) >= 11 is 5.92. The molecular weight excluding hydrogens is 286 g/mol. The number of hydrogen-bond donors (Lipinski definition) is 1. The van der Waals surface area contributed by atoms with Gasteiger partial charge >= 0.3 is 0 Å². The van der Waals surface area contributed by atoms with Crippen LogP contribution in [0.25, 0.3) is 0 Å². The summed E-state index contributed by atoms with van der Waals surface area (Å²) in [5, 5.41) is 11.1. The Labute approximate surface area is 120 Å². The lowest BCUT2D eigenvalue weighted by Gasteiger charge is -2.26. The second-order valence-electron chi connectivity index (χ2n) is 4.57. The molecule has 2 aromatic rings. The van der Waals surface area contributed by atoms with Crippen LogP contribution in [0.4, 0.5) is 8.78 Å². The van der Waals surface area contributed by atoms with Gasteiger partial charge in [0.2, 0.25) is 0 Å². The van der Waals surface area contributed by atoms with Gasteiger partial charge in [-0.15, -0.1) is 0 Å². The summed E-state index contributed by atoms with van der Waals surface area (Å²) in [6.45, 7) is 1.43. The molecule has 0 aliphatic carbocycles. The van der Waals surface area contributed by atoms with E-state index in [1.54, 1.807) is 12.1 Å². The molecule has 1 atom stereocenters. The van der Waals surface area contributed by atoms with Crippen LogP contribution in [0.5, 0.6) is 5.75 Å². The fraction of sp³-hybridized carbons (Fsp3) is 0.200. The number of aliphatic hydroxyl groups is 1. The van der Waals surface area contributed by atoms with Gasteiger partial charge in [0.05, 0.1) is 7.11 Å². The van der Waals surface area contributed by atoms with Crippen LogP contribution in [0.15, 0.2) is 36.4 Å². The first-order chi connectivity index (χ1) is 9.34. The lowest BCUT2D eigenvalue weighted by Crippen LogP contribution is -2.24. The summed E-state index contributed by atoms with van der Waals surface area (Å²) in [6, 6.07) is 7.58. The quantitative estimate of drug-likeness (QED) is 0.932. The number of halogens is 3. The van der Waals surface area contributed by atoms with Gasteiger partial charge in [0, 0.05) is 16.7 Å². The first-order valence-electron chi connectivity index (χ1n) is 5.87. The standard InChI is InChI=1S/C15H13ClF2O2/c1-15(19,9-5-11(17)8-12(18)6-9)13-7-10(16)3-4-14(13)20-2/h3-8,19H,1-2H3. The second-order valence-corrected chi connectivity index (χ2v) is 5.01. The molecule has 0 fully saturated rings. The van der Waals surface area contributed by atoms with Crippen LogP contribution in [-0.4, -0.2) is 12.2 Å². The number of hydrogen-bond acceptors (Lipinski definition) is 2. The third-order valence-electron chi connectivity index (χ3n) is 3.11. The Morgan fingerprint density at radius 3 is 2.25 bits per heavy atom. The lowest BCUT2D eigenvalue weighted by molar-refractivity contribution is 0.0982. The van der Waals surface area contributed by atoms with E-state index in [0.717, 1.165) is 18.2 Å². The Morgan fingerprint density at radius 2 is 1.70 bits per heavy atom. The van der Waals surface area contributed by atoms with E-state index in [9.17, 15) is 13.9 Å². The Morgan fingerprint density at radius 1 is 1.10 bits per heavy atom. The topological polar surface area (TPSA) is 29.5 Å². The number of ether oxygens (including phenoxy) is 1. The molecule has 0 aliphatic rings.